The molecule has 1 amide bonds. The number of carbonyl (C=O) groups excluding carboxylic acids is 3. The quantitative estimate of drug-likeness (QED) is 0.274. The lowest BCUT2D eigenvalue weighted by Gasteiger charge is -2.44. The van der Waals surface area contributed by atoms with Crippen LogP contribution in [-0.2, 0) is 34.0 Å². The van der Waals surface area contributed by atoms with Gasteiger partial charge in [0.25, 0.3) is 10.1 Å². The number of nitrogens with one attached hydrogen (secondary N) is 1. The van der Waals surface area contributed by atoms with E-state index >= 15 is 0 Å². The molecule has 0 bridgehead atoms. The summed E-state index contributed by atoms with van der Waals surface area (Å²) in [5.74, 6) is -1.34. The van der Waals surface area contributed by atoms with Crippen LogP contribution in [0.3, 0.4) is 0 Å². The maximum Gasteiger partial charge on any atom is 0.296 e. The number of rotatable bonds is 12. The number of amides is 1. The van der Waals surface area contributed by atoms with E-state index in [0.717, 1.165) is 6.07 Å². The number of carbonyl (C=O) groups is 3. The molecule has 0 saturated heterocycles. The van der Waals surface area contributed by atoms with Crippen LogP contribution in [0.25, 0.3) is 0 Å². The minimum Gasteiger partial charge on any atom is -0.363 e. The van der Waals surface area contributed by atoms with Gasteiger partial charge in [0.15, 0.2) is 11.6 Å². The Kier molecular flexibility index (Phi) is 10.7. The number of ether oxygens (including phenoxy) is 2. The number of para-hydroxylation sites is 1. The highest BCUT2D eigenvalue weighted by molar-refractivity contribution is 7.86. The first-order valence-corrected chi connectivity index (χ1v) is 15.3. The molecule has 0 fully saturated rings. The van der Waals surface area contributed by atoms with Gasteiger partial charge in [0.2, 0.25) is 5.91 Å². The maximum atomic E-state index is 14.2. The van der Waals surface area contributed by atoms with Crippen molar-refractivity contribution in [2.45, 2.75) is 104 Å². The Morgan fingerprint density at radius 1 is 0.786 bits per heavy atom. The topological polar surface area (TPSA) is 136 Å². The van der Waals surface area contributed by atoms with Gasteiger partial charge in [-0.15, -0.1) is 0 Å². The maximum absolute atomic E-state index is 14.2. The molecule has 42 heavy (non-hydrogen) atoms. The Balaban J connectivity index is 2.43. The van der Waals surface area contributed by atoms with Crippen molar-refractivity contribution in [3.8, 4) is 0 Å². The summed E-state index contributed by atoms with van der Waals surface area (Å²) in [7, 11) is -4.61. The van der Waals surface area contributed by atoms with E-state index in [9.17, 15) is 27.4 Å². The van der Waals surface area contributed by atoms with Gasteiger partial charge in [-0.3, -0.25) is 18.9 Å². The molecule has 2 rings (SSSR count). The first-order chi connectivity index (χ1) is 19.0. The molecule has 10 heteroatoms. The zero-order valence-corrected chi connectivity index (χ0v) is 27.1. The average Bonchev–Trinajstić information content (AvgIpc) is 2.84. The highest BCUT2D eigenvalue weighted by atomic mass is 32.2. The lowest BCUT2D eigenvalue weighted by atomic mass is 9.70. The summed E-state index contributed by atoms with van der Waals surface area (Å²) in [6.45, 7) is 17.5. The second-order valence-corrected chi connectivity index (χ2v) is 14.9. The van der Waals surface area contributed by atoms with E-state index in [1.54, 1.807) is 48.5 Å². The van der Waals surface area contributed by atoms with Crippen LogP contribution >= 0.6 is 0 Å². The van der Waals surface area contributed by atoms with Crippen molar-refractivity contribution in [2.24, 2.45) is 10.8 Å². The van der Waals surface area contributed by atoms with Crippen molar-refractivity contribution < 1.29 is 36.8 Å². The van der Waals surface area contributed by atoms with E-state index in [1.807, 2.05) is 51.1 Å². The lowest BCUT2D eigenvalue weighted by molar-refractivity contribution is -0.183. The first kappa shape index (κ1) is 35.3. The van der Waals surface area contributed by atoms with Crippen molar-refractivity contribution in [2.75, 3.05) is 5.32 Å². The van der Waals surface area contributed by atoms with Gasteiger partial charge >= 0.3 is 0 Å². The minimum atomic E-state index is -4.61. The molecular weight excluding hydrogens is 558 g/mol. The normalized spacial score (nSPS) is 14.6. The van der Waals surface area contributed by atoms with Crippen LogP contribution in [0.1, 0.15) is 87.3 Å². The summed E-state index contributed by atoms with van der Waals surface area (Å²) in [5.41, 5.74) is -3.46. The summed E-state index contributed by atoms with van der Waals surface area (Å²) in [5, 5.41) is 2.47. The predicted octanol–water partition coefficient (Wildman–Crippen LogP) is 6.19. The van der Waals surface area contributed by atoms with Gasteiger partial charge in [-0.2, -0.15) is 8.42 Å². The zero-order chi connectivity index (χ0) is 32.3. The van der Waals surface area contributed by atoms with Crippen molar-refractivity contribution in [1.29, 1.82) is 0 Å². The van der Waals surface area contributed by atoms with Crippen LogP contribution in [0.15, 0.2) is 59.5 Å². The molecule has 0 aliphatic rings. The van der Waals surface area contributed by atoms with Gasteiger partial charge in [-0.25, -0.2) is 0 Å². The Bertz CT molecular complexity index is 1380. The van der Waals surface area contributed by atoms with Crippen molar-refractivity contribution in [3.63, 3.8) is 0 Å². The first-order valence-electron chi connectivity index (χ1n) is 13.8. The number of Topliss-reactive ketones (excluding diaryl/α,β-unsaturated/α-hetero) is 2. The number of ketones is 2. The van der Waals surface area contributed by atoms with E-state index < -0.39 is 61.6 Å². The molecule has 2 aromatic carbocycles. The number of anilines is 1. The van der Waals surface area contributed by atoms with Crippen LogP contribution in [0.4, 0.5) is 5.69 Å². The minimum absolute atomic E-state index is 0.133. The third-order valence-corrected chi connectivity index (χ3v) is 8.12. The van der Waals surface area contributed by atoms with E-state index in [0.29, 0.717) is 5.56 Å². The number of hydrogen-bond donors (Lipinski definition) is 2. The fourth-order valence-corrected chi connectivity index (χ4v) is 4.86. The molecule has 2 unspecified atom stereocenters. The van der Waals surface area contributed by atoms with Crippen LogP contribution in [0, 0.1) is 10.8 Å². The molecule has 0 heterocycles. The van der Waals surface area contributed by atoms with E-state index in [4.69, 9.17) is 9.47 Å². The van der Waals surface area contributed by atoms with Crippen LogP contribution in [0.2, 0.25) is 0 Å². The molecule has 2 N–H and O–H groups in total. The molecule has 0 spiro atoms. The average molecular weight is 604 g/mol. The monoisotopic (exact) mass is 603 g/mol. The number of benzene rings is 2. The summed E-state index contributed by atoms with van der Waals surface area (Å²) in [6.07, 6.45) is -2.64. The fourth-order valence-electron chi connectivity index (χ4n) is 4.22. The molecule has 0 aliphatic carbocycles. The van der Waals surface area contributed by atoms with E-state index in [2.05, 4.69) is 5.32 Å². The molecule has 0 radical (unpaired) electrons. The highest BCUT2D eigenvalue weighted by Crippen LogP contribution is 2.42. The Hall–Kier alpha value is -2.92. The second kappa shape index (κ2) is 12.8. The molecular formula is C32H45NO8S. The van der Waals surface area contributed by atoms with Crippen LogP contribution < -0.4 is 5.32 Å². The van der Waals surface area contributed by atoms with Crippen LogP contribution in [-0.4, -0.2) is 47.8 Å². The van der Waals surface area contributed by atoms with E-state index in [1.165, 1.54) is 18.2 Å². The molecule has 0 saturated carbocycles. The summed E-state index contributed by atoms with van der Waals surface area (Å²) in [4.78, 5) is 40.4. The largest absolute Gasteiger partial charge is 0.363 e. The smallest absolute Gasteiger partial charge is 0.296 e. The fraction of sp³-hybridized carbons (Fsp3) is 0.531. The molecule has 2 atom stereocenters. The van der Waals surface area contributed by atoms with Crippen LogP contribution in [0.5, 0.6) is 0 Å². The SMILES string of the molecule is CC(C)(C)OC(C(=O)C(C)(C)C(C)(C)OC(CC(=O)Nc1ccccc1S(=O)(=O)O)C(=O)C(C)(C)C)c1ccccc1. The predicted molar refractivity (Wildman–Crippen MR) is 162 cm³/mol. The lowest BCUT2D eigenvalue weighted by Crippen LogP contribution is -2.53. The third-order valence-electron chi connectivity index (χ3n) is 7.21. The molecule has 9 nitrogen and oxygen atoms in total. The van der Waals surface area contributed by atoms with Gasteiger partial charge in [0, 0.05) is 5.41 Å². The highest BCUT2D eigenvalue weighted by Gasteiger charge is 2.50. The summed E-state index contributed by atoms with van der Waals surface area (Å²) < 4.78 is 45.7. The zero-order valence-electron chi connectivity index (χ0n) is 26.3. The third kappa shape index (κ3) is 9.04. The van der Waals surface area contributed by atoms with E-state index in [-0.39, 0.29) is 17.3 Å². The van der Waals surface area contributed by atoms with Gasteiger partial charge in [-0.05, 0) is 52.3 Å². The number of hydrogen-bond acceptors (Lipinski definition) is 7. The molecule has 0 aromatic heterocycles. The summed E-state index contributed by atoms with van der Waals surface area (Å²) >= 11 is 0. The summed E-state index contributed by atoms with van der Waals surface area (Å²) in [6, 6.07) is 14.5. The van der Waals surface area contributed by atoms with Crippen molar-refractivity contribution in [1.82, 2.24) is 0 Å². The Morgan fingerprint density at radius 3 is 1.81 bits per heavy atom. The Labute approximate surface area is 250 Å². The van der Waals surface area contributed by atoms with Gasteiger partial charge in [0.1, 0.15) is 17.1 Å². The Morgan fingerprint density at radius 2 is 1.31 bits per heavy atom. The molecule has 232 valence electrons. The molecule has 2 aromatic rings. The van der Waals surface area contributed by atoms with Gasteiger partial charge in [0.05, 0.1) is 28.7 Å². The molecule has 0 aliphatic heterocycles. The van der Waals surface area contributed by atoms with Gasteiger partial charge in [-0.1, -0.05) is 77.1 Å². The standard InChI is InChI=1S/C32H45NO8S/c1-29(2,3)27(35)23(20-25(34)33-22-18-14-15-19-24(22)42(37,38)39)40-32(9,10)31(7,8)28(36)26(41-30(4,5)6)21-16-12-11-13-17-21/h11-19,23,26H,20H2,1-10H3,(H,33,34)(H,37,38,39). The second-order valence-electron chi connectivity index (χ2n) is 13.5. The van der Waals surface area contributed by atoms with Crippen molar-refractivity contribution >= 4 is 33.3 Å². The van der Waals surface area contributed by atoms with Crippen molar-refractivity contribution in [3.05, 3.63) is 60.2 Å². The van der Waals surface area contributed by atoms with Gasteiger partial charge < -0.3 is 14.8 Å².